The van der Waals surface area contributed by atoms with Crippen molar-refractivity contribution in [2.45, 2.75) is 33.1 Å². The molecule has 0 radical (unpaired) electrons. The van der Waals surface area contributed by atoms with E-state index in [1.807, 2.05) is 0 Å². The predicted octanol–water partition coefficient (Wildman–Crippen LogP) is 11.0. The highest BCUT2D eigenvalue weighted by Gasteiger charge is 2.24. The van der Waals surface area contributed by atoms with Crippen LogP contribution in [0.2, 0.25) is 0 Å². The Balaban J connectivity index is 1.63. The van der Waals surface area contributed by atoms with E-state index >= 15 is 0 Å². The van der Waals surface area contributed by atoms with Crippen LogP contribution in [0.15, 0.2) is 133 Å². The number of hydrogen-bond donors (Lipinski definition) is 0. The Hall–Kier alpha value is -4.82. The maximum absolute atomic E-state index is 2.45. The van der Waals surface area contributed by atoms with E-state index in [1.165, 1.54) is 49.4 Å². The molecule has 6 aromatic carbocycles. The Morgan fingerprint density at radius 3 is 1.73 bits per heavy atom. The summed E-state index contributed by atoms with van der Waals surface area (Å²) < 4.78 is 2.45. The van der Waals surface area contributed by atoms with Crippen LogP contribution in [-0.2, 0) is 5.41 Å². The summed E-state index contributed by atoms with van der Waals surface area (Å²) in [5, 5.41) is 5.30. The van der Waals surface area contributed by atoms with Gasteiger partial charge in [-0.1, -0.05) is 99.6 Å². The summed E-state index contributed by atoms with van der Waals surface area (Å²) in [7, 11) is 0. The van der Waals surface area contributed by atoms with E-state index in [0.29, 0.717) is 0 Å². The Bertz CT molecular complexity index is 1970. The third kappa shape index (κ3) is 4.19. The van der Waals surface area contributed by atoms with Crippen molar-refractivity contribution in [3.05, 3.63) is 145 Å². The summed E-state index contributed by atoms with van der Waals surface area (Å²) in [6.07, 6.45) is 0. The van der Waals surface area contributed by atoms with E-state index < -0.39 is 0 Å². The molecular formula is C39H34N2. The predicted molar refractivity (Wildman–Crippen MR) is 176 cm³/mol. The number of para-hydroxylation sites is 3. The lowest BCUT2D eigenvalue weighted by Gasteiger charge is -2.25. The smallest absolute Gasteiger partial charge is 0.0562 e. The molecule has 1 heterocycles. The number of anilines is 3. The first kappa shape index (κ1) is 25.2. The van der Waals surface area contributed by atoms with Gasteiger partial charge in [0.25, 0.3) is 0 Å². The van der Waals surface area contributed by atoms with E-state index in [4.69, 9.17) is 0 Å². The van der Waals surface area contributed by atoms with Crippen molar-refractivity contribution in [1.29, 1.82) is 0 Å². The number of hydrogen-bond acceptors (Lipinski definition) is 1. The zero-order chi connectivity index (χ0) is 28.1. The molecule has 1 aromatic heterocycles. The lowest BCUT2D eigenvalue weighted by molar-refractivity contribution is 0.596. The molecule has 0 aliphatic heterocycles. The Morgan fingerprint density at radius 2 is 1.12 bits per heavy atom. The van der Waals surface area contributed by atoms with Crippen molar-refractivity contribution in [2.24, 2.45) is 0 Å². The first-order chi connectivity index (χ1) is 19.9. The summed E-state index contributed by atoms with van der Waals surface area (Å²) in [5.74, 6) is 0. The van der Waals surface area contributed by atoms with Gasteiger partial charge in [0, 0.05) is 33.5 Å². The average molecular weight is 531 g/mol. The summed E-state index contributed by atoms with van der Waals surface area (Å²) >= 11 is 0. The lowest BCUT2D eigenvalue weighted by atomic mass is 9.82. The van der Waals surface area contributed by atoms with Gasteiger partial charge in [-0.25, -0.2) is 0 Å². The van der Waals surface area contributed by atoms with Crippen LogP contribution in [0.3, 0.4) is 0 Å². The standard InChI is InChI=1S/C39H34N2/c1-27-25-36-38(37-32(27)21-14-22-34(37)39(2,3)4)33-24-23-31(26-35(33)41(36)30-19-12-7-13-20-30)40(28-15-8-5-9-16-28)29-17-10-6-11-18-29/h5-26H,1-4H3. The molecule has 0 bridgehead atoms. The normalized spacial score (nSPS) is 11.9. The molecule has 0 spiro atoms. The fraction of sp³-hybridized carbons (Fsp3) is 0.128. The van der Waals surface area contributed by atoms with Gasteiger partial charge in [0.05, 0.1) is 11.0 Å². The van der Waals surface area contributed by atoms with Crippen LogP contribution in [0.25, 0.3) is 38.3 Å². The maximum Gasteiger partial charge on any atom is 0.0562 e. The van der Waals surface area contributed by atoms with Crippen molar-refractivity contribution in [3.8, 4) is 5.69 Å². The Labute approximate surface area is 242 Å². The molecule has 7 rings (SSSR count). The van der Waals surface area contributed by atoms with Crippen LogP contribution >= 0.6 is 0 Å². The van der Waals surface area contributed by atoms with Gasteiger partial charge in [-0.2, -0.15) is 0 Å². The van der Waals surface area contributed by atoms with Crippen LogP contribution in [0.5, 0.6) is 0 Å². The summed E-state index contributed by atoms with van der Waals surface area (Å²) in [6, 6.07) is 48.2. The van der Waals surface area contributed by atoms with Gasteiger partial charge >= 0.3 is 0 Å². The van der Waals surface area contributed by atoms with E-state index in [1.54, 1.807) is 0 Å². The Morgan fingerprint density at radius 1 is 0.512 bits per heavy atom. The second-order valence-electron chi connectivity index (χ2n) is 11.9. The molecule has 0 saturated heterocycles. The van der Waals surface area contributed by atoms with Crippen molar-refractivity contribution >= 4 is 49.6 Å². The lowest BCUT2D eigenvalue weighted by Crippen LogP contribution is -2.11. The molecule has 0 fully saturated rings. The van der Waals surface area contributed by atoms with E-state index in [-0.39, 0.29) is 5.41 Å². The number of aromatic nitrogens is 1. The number of aryl methyl sites for hydroxylation is 1. The summed E-state index contributed by atoms with van der Waals surface area (Å²) in [4.78, 5) is 2.34. The monoisotopic (exact) mass is 530 g/mol. The molecule has 41 heavy (non-hydrogen) atoms. The maximum atomic E-state index is 2.45. The zero-order valence-corrected chi connectivity index (χ0v) is 24.1. The molecular weight excluding hydrogens is 496 g/mol. The molecule has 7 aromatic rings. The minimum atomic E-state index is 0.0127. The second-order valence-corrected chi connectivity index (χ2v) is 11.9. The molecule has 200 valence electrons. The van der Waals surface area contributed by atoms with Crippen LogP contribution in [-0.4, -0.2) is 4.57 Å². The van der Waals surface area contributed by atoms with Crippen molar-refractivity contribution in [2.75, 3.05) is 4.90 Å². The van der Waals surface area contributed by atoms with Crippen molar-refractivity contribution < 1.29 is 0 Å². The van der Waals surface area contributed by atoms with Crippen LogP contribution < -0.4 is 4.90 Å². The SMILES string of the molecule is Cc1cc2c(c3ccc(N(c4ccccc4)c4ccccc4)cc3n2-c2ccccc2)c2c(C(C)(C)C)cccc12. The molecule has 0 amide bonds. The molecule has 0 saturated carbocycles. The topological polar surface area (TPSA) is 8.17 Å². The van der Waals surface area contributed by atoms with Crippen LogP contribution in [0, 0.1) is 6.92 Å². The fourth-order valence-electron chi connectivity index (χ4n) is 6.35. The van der Waals surface area contributed by atoms with Gasteiger partial charge in [-0.3, -0.25) is 0 Å². The minimum Gasteiger partial charge on any atom is -0.310 e. The van der Waals surface area contributed by atoms with Crippen LogP contribution in [0.4, 0.5) is 17.1 Å². The van der Waals surface area contributed by atoms with Gasteiger partial charge in [-0.05, 0) is 88.8 Å². The molecule has 2 heteroatoms. The molecule has 0 unspecified atom stereocenters. The van der Waals surface area contributed by atoms with Gasteiger partial charge in [0.1, 0.15) is 0 Å². The fourth-order valence-corrected chi connectivity index (χ4v) is 6.35. The third-order valence-corrected chi connectivity index (χ3v) is 8.19. The largest absolute Gasteiger partial charge is 0.310 e. The van der Waals surface area contributed by atoms with Crippen molar-refractivity contribution in [1.82, 2.24) is 4.57 Å². The van der Waals surface area contributed by atoms with Gasteiger partial charge in [-0.15, -0.1) is 0 Å². The van der Waals surface area contributed by atoms with Crippen molar-refractivity contribution in [3.63, 3.8) is 0 Å². The van der Waals surface area contributed by atoms with Crippen LogP contribution in [0.1, 0.15) is 31.9 Å². The average Bonchev–Trinajstić information content (AvgIpc) is 3.31. The highest BCUT2D eigenvalue weighted by atomic mass is 15.1. The number of rotatable bonds is 4. The quantitative estimate of drug-likeness (QED) is 0.220. The van der Waals surface area contributed by atoms with E-state index in [9.17, 15) is 0 Å². The first-order valence-electron chi connectivity index (χ1n) is 14.4. The number of benzene rings is 6. The summed E-state index contributed by atoms with van der Waals surface area (Å²) in [6.45, 7) is 9.21. The minimum absolute atomic E-state index is 0.0127. The first-order valence-corrected chi connectivity index (χ1v) is 14.4. The van der Waals surface area contributed by atoms with E-state index in [2.05, 4.69) is 171 Å². The summed E-state index contributed by atoms with van der Waals surface area (Å²) in [5.41, 5.74) is 9.72. The molecule has 0 aliphatic rings. The third-order valence-electron chi connectivity index (χ3n) is 8.19. The number of fused-ring (bicyclic) bond motifs is 5. The molecule has 0 aliphatic carbocycles. The zero-order valence-electron chi connectivity index (χ0n) is 24.1. The van der Waals surface area contributed by atoms with Gasteiger partial charge < -0.3 is 9.47 Å². The highest BCUT2D eigenvalue weighted by Crippen LogP contribution is 2.44. The second kappa shape index (κ2) is 9.67. The van der Waals surface area contributed by atoms with E-state index in [0.717, 1.165) is 17.1 Å². The Kier molecular flexibility index (Phi) is 5.94. The van der Waals surface area contributed by atoms with Gasteiger partial charge in [0.15, 0.2) is 0 Å². The number of nitrogens with zero attached hydrogens (tertiary/aromatic N) is 2. The molecule has 0 N–H and O–H groups in total. The highest BCUT2D eigenvalue weighted by molar-refractivity contribution is 6.23. The molecule has 2 nitrogen and oxygen atoms in total. The van der Waals surface area contributed by atoms with Gasteiger partial charge in [0.2, 0.25) is 0 Å². The molecule has 0 atom stereocenters.